The van der Waals surface area contributed by atoms with Crippen molar-refractivity contribution in [3.8, 4) is 23.4 Å². The molecular weight excluding hydrogens is 480 g/mol. The van der Waals surface area contributed by atoms with E-state index in [0.29, 0.717) is 62.9 Å². The molecular formula is C24H24N8O3S. The predicted octanol–water partition coefficient (Wildman–Crippen LogP) is 2.65. The van der Waals surface area contributed by atoms with Gasteiger partial charge in [-0.1, -0.05) is 0 Å². The number of hydrogen-bond acceptors (Lipinski definition) is 9. The van der Waals surface area contributed by atoms with Gasteiger partial charge in [-0.15, -0.1) is 0 Å². The maximum absolute atomic E-state index is 12.8. The van der Waals surface area contributed by atoms with Crippen LogP contribution in [-0.4, -0.2) is 58.8 Å². The number of nitriles is 2. The third kappa shape index (κ3) is 4.54. The number of aromatic nitrogens is 4. The fourth-order valence-electron chi connectivity index (χ4n) is 4.58. The van der Waals surface area contributed by atoms with Crippen molar-refractivity contribution >= 4 is 21.7 Å². The Morgan fingerprint density at radius 1 is 1.14 bits per heavy atom. The lowest BCUT2D eigenvalue weighted by molar-refractivity contribution is 0.0730. The van der Waals surface area contributed by atoms with E-state index in [1.54, 1.807) is 47.4 Å². The number of morpholine rings is 1. The molecule has 0 amide bonds. The van der Waals surface area contributed by atoms with Gasteiger partial charge in [-0.3, -0.25) is 4.68 Å². The van der Waals surface area contributed by atoms with Crippen LogP contribution in [0.1, 0.15) is 19.3 Å². The smallest absolute Gasteiger partial charge is 0.243 e. The van der Waals surface area contributed by atoms with E-state index in [4.69, 9.17) is 10.00 Å². The van der Waals surface area contributed by atoms with Gasteiger partial charge in [0.25, 0.3) is 0 Å². The van der Waals surface area contributed by atoms with Crippen molar-refractivity contribution in [1.82, 2.24) is 24.1 Å². The van der Waals surface area contributed by atoms with Crippen molar-refractivity contribution in [2.45, 2.75) is 29.7 Å². The average Bonchev–Trinajstić information content (AvgIpc) is 3.38. The van der Waals surface area contributed by atoms with Gasteiger partial charge in [0.15, 0.2) is 0 Å². The summed E-state index contributed by atoms with van der Waals surface area (Å²) in [7, 11) is -3.56. The van der Waals surface area contributed by atoms with E-state index < -0.39 is 15.6 Å². The molecule has 1 saturated carbocycles. The quantitative estimate of drug-likeness (QED) is 0.512. The molecule has 1 saturated heterocycles. The van der Waals surface area contributed by atoms with Crippen molar-refractivity contribution in [2.75, 3.05) is 31.6 Å². The summed E-state index contributed by atoms with van der Waals surface area (Å²) in [4.78, 5) is 9.06. The van der Waals surface area contributed by atoms with Crippen LogP contribution in [0.5, 0.6) is 0 Å². The van der Waals surface area contributed by atoms with Gasteiger partial charge >= 0.3 is 0 Å². The minimum absolute atomic E-state index is 0.0592. The first-order valence-corrected chi connectivity index (χ1v) is 13.0. The number of nitrogens with one attached hydrogen (secondary N) is 1. The molecule has 0 bridgehead atoms. The van der Waals surface area contributed by atoms with Gasteiger partial charge in [0, 0.05) is 36.7 Å². The Labute approximate surface area is 209 Å². The van der Waals surface area contributed by atoms with Gasteiger partial charge in [-0.05, 0) is 43.2 Å². The van der Waals surface area contributed by atoms with E-state index in [9.17, 15) is 13.7 Å². The molecule has 1 aliphatic heterocycles. The first-order valence-electron chi connectivity index (χ1n) is 11.5. The highest BCUT2D eigenvalue weighted by molar-refractivity contribution is 7.89. The van der Waals surface area contributed by atoms with Crippen molar-refractivity contribution in [3.63, 3.8) is 0 Å². The lowest BCUT2D eigenvalue weighted by Crippen LogP contribution is -2.46. The monoisotopic (exact) mass is 504 g/mol. The zero-order valence-electron chi connectivity index (χ0n) is 19.4. The summed E-state index contributed by atoms with van der Waals surface area (Å²) < 4.78 is 34.1. The second-order valence-electron chi connectivity index (χ2n) is 8.90. The largest absolute Gasteiger partial charge is 0.379 e. The third-order valence-corrected chi connectivity index (χ3v) is 8.49. The maximum atomic E-state index is 12.8. The highest BCUT2D eigenvalue weighted by Crippen LogP contribution is 2.46. The molecule has 3 aromatic rings. The molecule has 36 heavy (non-hydrogen) atoms. The zero-order valence-corrected chi connectivity index (χ0v) is 20.2. The van der Waals surface area contributed by atoms with Crippen molar-refractivity contribution < 1.29 is 13.2 Å². The van der Waals surface area contributed by atoms with Crippen LogP contribution in [0.4, 0.5) is 11.6 Å². The second kappa shape index (κ2) is 9.66. The van der Waals surface area contributed by atoms with Crippen LogP contribution in [0, 0.1) is 28.6 Å². The molecule has 2 aromatic heterocycles. The highest BCUT2D eigenvalue weighted by atomic mass is 32.2. The summed E-state index contributed by atoms with van der Waals surface area (Å²) in [6.45, 7) is 1.47. The van der Waals surface area contributed by atoms with E-state index >= 15 is 0 Å². The predicted molar refractivity (Wildman–Crippen MR) is 129 cm³/mol. The lowest BCUT2D eigenvalue weighted by atomic mass is 9.67. The SMILES string of the molecule is N#CCC1(n2cc(-c3ccnc(Nc4ccc(S(=O)(=O)N5CCOCC5)cc4)n3)cn2)CC(C#N)C1. The Balaban J connectivity index is 1.30. The van der Waals surface area contributed by atoms with E-state index in [1.807, 2.05) is 6.20 Å². The van der Waals surface area contributed by atoms with E-state index in [-0.39, 0.29) is 10.8 Å². The van der Waals surface area contributed by atoms with Gasteiger partial charge in [0.1, 0.15) is 0 Å². The summed E-state index contributed by atoms with van der Waals surface area (Å²) >= 11 is 0. The van der Waals surface area contributed by atoms with Gasteiger partial charge in [0.2, 0.25) is 16.0 Å². The van der Waals surface area contributed by atoms with Crippen LogP contribution in [0.3, 0.4) is 0 Å². The fourth-order valence-corrected chi connectivity index (χ4v) is 5.99. The molecule has 2 aliphatic rings. The lowest BCUT2D eigenvalue weighted by Gasteiger charge is -2.43. The first-order chi connectivity index (χ1) is 17.4. The van der Waals surface area contributed by atoms with Gasteiger partial charge in [-0.2, -0.15) is 19.9 Å². The van der Waals surface area contributed by atoms with Crippen molar-refractivity contribution in [1.29, 1.82) is 10.5 Å². The standard InChI is InChI=1S/C24H24N8O3S/c25-7-6-24(13-18(14-24)15-26)32-17-19(16-28-32)22-5-8-27-23(30-22)29-20-1-3-21(4-2-20)36(33,34)31-9-11-35-12-10-31/h1-5,8,16-18H,6,9-14H2,(H,27,29,30). The molecule has 1 N–H and O–H groups in total. The summed E-state index contributed by atoms with van der Waals surface area (Å²) in [6.07, 6.45) is 6.66. The molecule has 3 heterocycles. The minimum atomic E-state index is -3.56. The molecule has 1 aromatic carbocycles. The van der Waals surface area contributed by atoms with Crippen LogP contribution in [0.2, 0.25) is 0 Å². The van der Waals surface area contributed by atoms with E-state index in [2.05, 4.69) is 32.5 Å². The Morgan fingerprint density at radius 2 is 1.89 bits per heavy atom. The third-order valence-electron chi connectivity index (χ3n) is 6.58. The number of benzene rings is 1. The van der Waals surface area contributed by atoms with E-state index in [1.165, 1.54) is 4.31 Å². The van der Waals surface area contributed by atoms with Crippen molar-refractivity contribution in [3.05, 3.63) is 48.9 Å². The van der Waals surface area contributed by atoms with Gasteiger partial charge in [0.05, 0.1) is 60.0 Å². The second-order valence-corrected chi connectivity index (χ2v) is 10.8. The Kier molecular flexibility index (Phi) is 6.41. The minimum Gasteiger partial charge on any atom is -0.379 e. The van der Waals surface area contributed by atoms with Crippen LogP contribution >= 0.6 is 0 Å². The summed E-state index contributed by atoms with van der Waals surface area (Å²) in [6, 6.07) is 12.7. The topological polar surface area (TPSA) is 150 Å². The summed E-state index contributed by atoms with van der Waals surface area (Å²) in [5.74, 6) is 0.292. The van der Waals surface area contributed by atoms with Gasteiger partial charge < -0.3 is 10.1 Å². The van der Waals surface area contributed by atoms with Crippen LogP contribution in [-0.2, 0) is 20.3 Å². The van der Waals surface area contributed by atoms with Crippen LogP contribution in [0.25, 0.3) is 11.3 Å². The molecule has 0 radical (unpaired) electrons. The van der Waals surface area contributed by atoms with Crippen LogP contribution < -0.4 is 5.32 Å². The van der Waals surface area contributed by atoms with E-state index in [0.717, 1.165) is 5.56 Å². The molecule has 1 aliphatic carbocycles. The number of ether oxygens (including phenoxy) is 1. The number of hydrogen-bond donors (Lipinski definition) is 1. The summed E-state index contributed by atoms with van der Waals surface area (Å²) in [5, 5.41) is 26.0. The highest BCUT2D eigenvalue weighted by Gasteiger charge is 2.46. The Morgan fingerprint density at radius 3 is 2.58 bits per heavy atom. The average molecular weight is 505 g/mol. The van der Waals surface area contributed by atoms with Crippen molar-refractivity contribution in [2.24, 2.45) is 5.92 Å². The number of rotatable bonds is 7. The Bertz CT molecular complexity index is 1430. The number of anilines is 2. The number of sulfonamides is 1. The molecule has 0 spiro atoms. The fraction of sp³-hybridized carbons (Fsp3) is 0.375. The first kappa shape index (κ1) is 23.9. The zero-order chi connectivity index (χ0) is 25.2. The number of nitrogens with zero attached hydrogens (tertiary/aromatic N) is 7. The normalized spacial score (nSPS) is 22.2. The molecule has 184 valence electrons. The van der Waals surface area contributed by atoms with Gasteiger partial charge in [-0.25, -0.2) is 18.4 Å². The molecule has 11 nitrogen and oxygen atoms in total. The maximum Gasteiger partial charge on any atom is 0.243 e. The molecule has 5 rings (SSSR count). The summed E-state index contributed by atoms with van der Waals surface area (Å²) in [5.41, 5.74) is 1.61. The molecule has 12 heteroatoms. The molecule has 0 atom stereocenters. The Hall–Kier alpha value is -3.84. The van der Waals surface area contributed by atoms with Crippen LogP contribution in [0.15, 0.2) is 53.8 Å². The molecule has 2 fully saturated rings. The molecule has 0 unspecified atom stereocenters.